The smallest absolute Gasteiger partial charge is 0.254 e. The molecule has 1 aromatic carbocycles. The van der Waals surface area contributed by atoms with E-state index in [9.17, 15) is 4.79 Å². The summed E-state index contributed by atoms with van der Waals surface area (Å²) in [7, 11) is 1.63. The van der Waals surface area contributed by atoms with Gasteiger partial charge in [-0.2, -0.15) is 5.10 Å². The number of carbonyl (C=O) groups is 1. The van der Waals surface area contributed by atoms with Gasteiger partial charge in [0.15, 0.2) is 0 Å². The summed E-state index contributed by atoms with van der Waals surface area (Å²) in [5, 5.41) is 4.49. The Labute approximate surface area is 160 Å². The number of amides is 1. The molecule has 0 bridgehead atoms. The van der Waals surface area contributed by atoms with Crippen molar-refractivity contribution in [2.75, 3.05) is 33.3 Å². The first-order valence-corrected chi connectivity index (χ1v) is 9.89. The molecule has 2 aliphatic rings. The molecule has 1 saturated heterocycles. The molecule has 6 heteroatoms. The van der Waals surface area contributed by atoms with Gasteiger partial charge in [0.2, 0.25) is 0 Å². The molecule has 2 aromatic rings. The number of benzene rings is 1. The fourth-order valence-corrected chi connectivity index (χ4v) is 4.25. The second kappa shape index (κ2) is 8.13. The predicted molar refractivity (Wildman–Crippen MR) is 104 cm³/mol. The SMILES string of the molecule is COc1cccc(C(=O)N2Cc3ccnn3C[C@@H](CN3CCCCC3)C2)c1. The van der Waals surface area contributed by atoms with Gasteiger partial charge in [0.25, 0.3) is 5.91 Å². The van der Waals surface area contributed by atoms with Crippen molar-refractivity contribution in [2.45, 2.75) is 32.4 Å². The number of fused-ring (bicyclic) bond motifs is 1. The van der Waals surface area contributed by atoms with E-state index in [2.05, 4.69) is 14.7 Å². The van der Waals surface area contributed by atoms with Crippen molar-refractivity contribution in [2.24, 2.45) is 5.92 Å². The maximum absolute atomic E-state index is 13.2. The van der Waals surface area contributed by atoms with Crippen LogP contribution in [0.15, 0.2) is 36.5 Å². The number of hydrogen-bond donors (Lipinski definition) is 0. The molecule has 1 aromatic heterocycles. The Balaban J connectivity index is 1.54. The Morgan fingerprint density at radius 2 is 2.04 bits per heavy atom. The third-order valence-electron chi connectivity index (χ3n) is 5.64. The number of methoxy groups -OCH3 is 1. The minimum atomic E-state index is 0.0622. The van der Waals surface area contributed by atoms with Crippen LogP contribution in [0.5, 0.6) is 5.75 Å². The van der Waals surface area contributed by atoms with E-state index in [4.69, 9.17) is 4.74 Å². The van der Waals surface area contributed by atoms with Crippen molar-refractivity contribution in [3.8, 4) is 5.75 Å². The zero-order chi connectivity index (χ0) is 18.6. The van der Waals surface area contributed by atoms with Gasteiger partial charge in [-0.15, -0.1) is 0 Å². The average molecular weight is 368 g/mol. The van der Waals surface area contributed by atoms with Crippen molar-refractivity contribution in [1.82, 2.24) is 19.6 Å². The highest BCUT2D eigenvalue weighted by atomic mass is 16.5. The summed E-state index contributed by atoms with van der Waals surface area (Å²) in [6, 6.07) is 9.46. The fourth-order valence-electron chi connectivity index (χ4n) is 4.25. The molecule has 27 heavy (non-hydrogen) atoms. The van der Waals surface area contributed by atoms with Gasteiger partial charge in [0.05, 0.1) is 19.3 Å². The Hall–Kier alpha value is -2.34. The van der Waals surface area contributed by atoms with Gasteiger partial charge in [0, 0.05) is 37.3 Å². The number of hydrogen-bond acceptors (Lipinski definition) is 4. The van der Waals surface area contributed by atoms with Crippen LogP contribution >= 0.6 is 0 Å². The average Bonchev–Trinajstić information content (AvgIpc) is 3.06. The van der Waals surface area contributed by atoms with Crippen LogP contribution in [0.4, 0.5) is 0 Å². The molecule has 0 saturated carbocycles. The third-order valence-corrected chi connectivity index (χ3v) is 5.64. The molecule has 0 unspecified atom stereocenters. The lowest BCUT2D eigenvalue weighted by molar-refractivity contribution is 0.0699. The summed E-state index contributed by atoms with van der Waals surface area (Å²) in [4.78, 5) is 17.7. The summed E-state index contributed by atoms with van der Waals surface area (Å²) >= 11 is 0. The molecule has 6 nitrogen and oxygen atoms in total. The molecule has 0 radical (unpaired) electrons. The highest BCUT2D eigenvalue weighted by molar-refractivity contribution is 5.94. The summed E-state index contributed by atoms with van der Waals surface area (Å²) in [5.41, 5.74) is 1.78. The zero-order valence-corrected chi connectivity index (χ0v) is 16.0. The first kappa shape index (κ1) is 18.0. The Morgan fingerprint density at radius 1 is 1.19 bits per heavy atom. The minimum Gasteiger partial charge on any atom is -0.497 e. The molecular weight excluding hydrogens is 340 g/mol. The van der Waals surface area contributed by atoms with Crippen LogP contribution in [0.2, 0.25) is 0 Å². The Kier molecular flexibility index (Phi) is 5.43. The van der Waals surface area contributed by atoms with E-state index in [1.807, 2.05) is 41.4 Å². The van der Waals surface area contributed by atoms with Crippen molar-refractivity contribution in [1.29, 1.82) is 0 Å². The van der Waals surface area contributed by atoms with E-state index >= 15 is 0 Å². The van der Waals surface area contributed by atoms with E-state index in [1.165, 1.54) is 32.4 Å². The molecule has 3 heterocycles. The molecule has 0 spiro atoms. The van der Waals surface area contributed by atoms with Crippen LogP contribution in [0.3, 0.4) is 0 Å². The van der Waals surface area contributed by atoms with Gasteiger partial charge < -0.3 is 14.5 Å². The summed E-state index contributed by atoms with van der Waals surface area (Å²) < 4.78 is 7.37. The van der Waals surface area contributed by atoms with E-state index in [1.54, 1.807) is 7.11 Å². The van der Waals surface area contributed by atoms with Crippen LogP contribution in [0.25, 0.3) is 0 Å². The summed E-state index contributed by atoms with van der Waals surface area (Å²) in [6.45, 7) is 5.61. The molecule has 0 N–H and O–H groups in total. The number of carbonyl (C=O) groups excluding carboxylic acids is 1. The number of nitrogens with zero attached hydrogens (tertiary/aromatic N) is 4. The van der Waals surface area contributed by atoms with E-state index in [0.717, 1.165) is 25.3 Å². The van der Waals surface area contributed by atoms with Gasteiger partial charge in [-0.1, -0.05) is 12.5 Å². The minimum absolute atomic E-state index is 0.0622. The Bertz CT molecular complexity index is 782. The maximum Gasteiger partial charge on any atom is 0.254 e. The molecule has 1 atom stereocenters. The largest absolute Gasteiger partial charge is 0.497 e. The lowest BCUT2D eigenvalue weighted by atomic mass is 10.0. The summed E-state index contributed by atoms with van der Waals surface area (Å²) in [5.74, 6) is 1.16. The van der Waals surface area contributed by atoms with Gasteiger partial charge in [-0.05, 0) is 50.2 Å². The van der Waals surface area contributed by atoms with Crippen LogP contribution in [-0.4, -0.2) is 58.8 Å². The fraction of sp³-hybridized carbons (Fsp3) is 0.524. The van der Waals surface area contributed by atoms with Crippen LogP contribution in [0.1, 0.15) is 35.3 Å². The number of piperidine rings is 1. The van der Waals surface area contributed by atoms with E-state index in [-0.39, 0.29) is 5.91 Å². The molecule has 2 aliphatic heterocycles. The van der Waals surface area contributed by atoms with Crippen LogP contribution in [0, 0.1) is 5.92 Å². The summed E-state index contributed by atoms with van der Waals surface area (Å²) in [6.07, 6.45) is 5.75. The standard InChI is InChI=1S/C21H28N4O2/c1-27-20-7-5-6-18(12-20)21(26)24-14-17(13-23-10-3-2-4-11-23)15-25-19(16-24)8-9-22-25/h5-9,12,17H,2-4,10-11,13-16H2,1H3/t17-/m0/s1. The monoisotopic (exact) mass is 368 g/mol. The quantitative estimate of drug-likeness (QED) is 0.833. The lowest BCUT2D eigenvalue weighted by Gasteiger charge is -2.31. The zero-order valence-electron chi connectivity index (χ0n) is 16.0. The normalized spacial score (nSPS) is 20.8. The van der Waals surface area contributed by atoms with Crippen LogP contribution < -0.4 is 4.74 Å². The predicted octanol–water partition coefficient (Wildman–Crippen LogP) is 2.65. The second-order valence-corrected chi connectivity index (χ2v) is 7.65. The van der Waals surface area contributed by atoms with Crippen LogP contribution in [-0.2, 0) is 13.1 Å². The first-order valence-electron chi connectivity index (χ1n) is 9.89. The van der Waals surface area contributed by atoms with Gasteiger partial charge >= 0.3 is 0 Å². The number of aromatic nitrogens is 2. The number of likely N-dealkylation sites (tertiary alicyclic amines) is 1. The topological polar surface area (TPSA) is 50.6 Å². The molecule has 144 valence electrons. The highest BCUT2D eigenvalue weighted by Crippen LogP contribution is 2.22. The van der Waals surface area contributed by atoms with Crippen molar-refractivity contribution >= 4 is 5.91 Å². The Morgan fingerprint density at radius 3 is 2.85 bits per heavy atom. The lowest BCUT2D eigenvalue weighted by Crippen LogP contribution is -2.40. The maximum atomic E-state index is 13.2. The molecular formula is C21H28N4O2. The second-order valence-electron chi connectivity index (χ2n) is 7.65. The molecule has 4 rings (SSSR count). The first-order chi connectivity index (χ1) is 13.2. The number of ether oxygens (including phenoxy) is 1. The van der Waals surface area contributed by atoms with E-state index < -0.39 is 0 Å². The van der Waals surface area contributed by atoms with Crippen molar-refractivity contribution in [3.63, 3.8) is 0 Å². The van der Waals surface area contributed by atoms with E-state index in [0.29, 0.717) is 23.8 Å². The van der Waals surface area contributed by atoms with Crippen molar-refractivity contribution < 1.29 is 9.53 Å². The molecule has 1 fully saturated rings. The van der Waals surface area contributed by atoms with Gasteiger partial charge in [0.1, 0.15) is 5.75 Å². The highest BCUT2D eigenvalue weighted by Gasteiger charge is 2.28. The molecule has 1 amide bonds. The third kappa shape index (κ3) is 4.16. The molecule has 0 aliphatic carbocycles. The van der Waals surface area contributed by atoms with Gasteiger partial charge in [-0.3, -0.25) is 9.48 Å². The van der Waals surface area contributed by atoms with Gasteiger partial charge in [-0.25, -0.2) is 0 Å². The van der Waals surface area contributed by atoms with Crippen molar-refractivity contribution in [3.05, 3.63) is 47.8 Å². The number of rotatable bonds is 4.